The van der Waals surface area contributed by atoms with Crippen LogP contribution in [0.3, 0.4) is 0 Å². The lowest BCUT2D eigenvalue weighted by Gasteiger charge is -2.12. The number of nitriles is 2. The van der Waals surface area contributed by atoms with Gasteiger partial charge >= 0.3 is 0 Å². The highest BCUT2D eigenvalue weighted by Gasteiger charge is 2.13. The van der Waals surface area contributed by atoms with Crippen molar-refractivity contribution in [3.05, 3.63) is 83.6 Å². The van der Waals surface area contributed by atoms with E-state index in [1.807, 2.05) is 84.5 Å². The zero-order chi connectivity index (χ0) is 21.3. The van der Waals surface area contributed by atoms with Crippen molar-refractivity contribution in [2.75, 3.05) is 13.1 Å². The molecule has 0 unspecified atom stereocenters. The van der Waals surface area contributed by atoms with Gasteiger partial charge in [0.15, 0.2) is 0 Å². The Labute approximate surface area is 175 Å². The van der Waals surface area contributed by atoms with Gasteiger partial charge in [0.05, 0.1) is 24.4 Å². The predicted octanol–water partition coefficient (Wildman–Crippen LogP) is 3.80. The zero-order valence-corrected chi connectivity index (χ0v) is 16.7. The predicted molar refractivity (Wildman–Crippen MR) is 115 cm³/mol. The third-order valence-corrected chi connectivity index (χ3v) is 4.54. The molecule has 0 aliphatic heterocycles. The first-order valence-electron chi connectivity index (χ1n) is 9.50. The molecular formula is C24H21N5O. The van der Waals surface area contributed by atoms with E-state index in [4.69, 9.17) is 15.6 Å². The molecule has 0 atom stereocenters. The quantitative estimate of drug-likeness (QED) is 0.450. The van der Waals surface area contributed by atoms with Gasteiger partial charge < -0.3 is 4.90 Å². The molecule has 0 fully saturated rings. The maximum atomic E-state index is 12.4. The molecule has 3 rings (SSSR count). The Balaban J connectivity index is 1.93. The Morgan fingerprint density at radius 3 is 2.37 bits per heavy atom. The van der Waals surface area contributed by atoms with Gasteiger partial charge in [-0.15, -0.1) is 0 Å². The summed E-state index contributed by atoms with van der Waals surface area (Å²) >= 11 is 0. The van der Waals surface area contributed by atoms with Crippen LogP contribution in [-0.4, -0.2) is 33.7 Å². The third kappa shape index (κ3) is 5.21. The summed E-state index contributed by atoms with van der Waals surface area (Å²) in [6, 6.07) is 21.9. The fourth-order valence-corrected chi connectivity index (χ4v) is 2.99. The van der Waals surface area contributed by atoms with Crippen LogP contribution in [0.15, 0.2) is 66.9 Å². The van der Waals surface area contributed by atoms with Crippen molar-refractivity contribution in [2.24, 2.45) is 0 Å². The molecule has 1 aromatic heterocycles. The summed E-state index contributed by atoms with van der Waals surface area (Å²) in [5.41, 5.74) is 4.78. The minimum atomic E-state index is -0.385. The maximum Gasteiger partial charge on any atom is 0.248 e. The number of nitrogens with zero attached hydrogens (tertiary/aromatic N) is 5. The van der Waals surface area contributed by atoms with Gasteiger partial charge in [-0.1, -0.05) is 60.2 Å². The van der Waals surface area contributed by atoms with E-state index in [1.165, 1.54) is 11.0 Å². The average Bonchev–Trinajstić information content (AvgIpc) is 3.15. The van der Waals surface area contributed by atoms with E-state index in [2.05, 4.69) is 0 Å². The second kappa shape index (κ2) is 9.86. The van der Waals surface area contributed by atoms with Gasteiger partial charge in [-0.3, -0.25) is 9.48 Å². The van der Waals surface area contributed by atoms with Crippen LogP contribution in [0, 0.1) is 29.6 Å². The fraction of sp³-hybridized carbons (Fsp3) is 0.167. The van der Waals surface area contributed by atoms with E-state index in [0.29, 0.717) is 6.54 Å². The molecule has 0 aliphatic rings. The summed E-state index contributed by atoms with van der Waals surface area (Å²) in [4.78, 5) is 13.6. The summed E-state index contributed by atoms with van der Waals surface area (Å²) in [6.45, 7) is 2.37. The molecule has 6 heteroatoms. The monoisotopic (exact) mass is 395 g/mol. The highest BCUT2D eigenvalue weighted by atomic mass is 16.2. The summed E-state index contributed by atoms with van der Waals surface area (Å²) in [6.07, 6.45) is 4.97. The van der Waals surface area contributed by atoms with Crippen LogP contribution in [0.4, 0.5) is 0 Å². The van der Waals surface area contributed by atoms with Crippen LogP contribution in [-0.2, 0) is 11.3 Å². The standard InChI is InChI=1S/C24H21N5O/c1-19-7-9-21(10-8-19)24-22(11-12-23(30)28(15-13-25)16-14-26)18-29(27-24)17-20-5-3-2-4-6-20/h2-12,18H,15-17H2,1H3. The number of hydrogen-bond acceptors (Lipinski definition) is 4. The van der Waals surface area contributed by atoms with E-state index in [1.54, 1.807) is 6.08 Å². The number of aryl methyl sites for hydroxylation is 1. The lowest BCUT2D eigenvalue weighted by Crippen LogP contribution is -2.30. The van der Waals surface area contributed by atoms with E-state index < -0.39 is 0 Å². The van der Waals surface area contributed by atoms with Gasteiger partial charge in [0.1, 0.15) is 13.1 Å². The molecule has 0 bridgehead atoms. The molecule has 148 valence electrons. The molecule has 1 amide bonds. The smallest absolute Gasteiger partial charge is 0.248 e. The summed E-state index contributed by atoms with van der Waals surface area (Å²) in [5.74, 6) is -0.385. The first-order chi connectivity index (χ1) is 14.6. The molecule has 0 saturated heterocycles. The number of amides is 1. The van der Waals surface area contributed by atoms with Crippen LogP contribution in [0.5, 0.6) is 0 Å². The molecule has 30 heavy (non-hydrogen) atoms. The zero-order valence-electron chi connectivity index (χ0n) is 16.7. The first-order valence-corrected chi connectivity index (χ1v) is 9.50. The van der Waals surface area contributed by atoms with Crippen LogP contribution >= 0.6 is 0 Å². The lowest BCUT2D eigenvalue weighted by atomic mass is 10.1. The van der Waals surface area contributed by atoms with Gasteiger partial charge in [0.25, 0.3) is 0 Å². The molecule has 0 radical (unpaired) electrons. The number of benzene rings is 2. The van der Waals surface area contributed by atoms with Crippen molar-refractivity contribution in [3.63, 3.8) is 0 Å². The second-order valence-electron chi connectivity index (χ2n) is 6.83. The summed E-state index contributed by atoms with van der Waals surface area (Å²) in [7, 11) is 0. The minimum Gasteiger partial charge on any atom is -0.313 e. The van der Waals surface area contributed by atoms with Crippen LogP contribution in [0.25, 0.3) is 17.3 Å². The highest BCUT2D eigenvalue weighted by molar-refractivity contribution is 5.93. The maximum absolute atomic E-state index is 12.4. The van der Waals surface area contributed by atoms with Crippen LogP contribution < -0.4 is 0 Å². The molecule has 2 aromatic carbocycles. The van der Waals surface area contributed by atoms with Crippen molar-refractivity contribution in [1.82, 2.24) is 14.7 Å². The molecule has 0 N–H and O–H groups in total. The second-order valence-corrected chi connectivity index (χ2v) is 6.83. The van der Waals surface area contributed by atoms with Crippen molar-refractivity contribution < 1.29 is 4.79 Å². The van der Waals surface area contributed by atoms with Crippen molar-refractivity contribution in [1.29, 1.82) is 10.5 Å². The van der Waals surface area contributed by atoms with Crippen molar-refractivity contribution >= 4 is 12.0 Å². The SMILES string of the molecule is Cc1ccc(-c2nn(Cc3ccccc3)cc2C=CC(=O)N(CC#N)CC#N)cc1. The molecule has 0 saturated carbocycles. The largest absolute Gasteiger partial charge is 0.313 e. The van der Waals surface area contributed by atoms with Crippen LogP contribution in [0.1, 0.15) is 16.7 Å². The molecule has 0 spiro atoms. The topological polar surface area (TPSA) is 85.7 Å². The van der Waals surface area contributed by atoms with Gasteiger partial charge in [0, 0.05) is 23.4 Å². The lowest BCUT2D eigenvalue weighted by molar-refractivity contribution is -0.124. The first kappa shape index (κ1) is 20.6. The normalized spacial score (nSPS) is 10.5. The molecular weight excluding hydrogens is 374 g/mol. The molecule has 0 aliphatic carbocycles. The van der Waals surface area contributed by atoms with E-state index in [9.17, 15) is 4.79 Å². The highest BCUT2D eigenvalue weighted by Crippen LogP contribution is 2.24. The van der Waals surface area contributed by atoms with Gasteiger partial charge in [-0.05, 0) is 18.6 Å². The van der Waals surface area contributed by atoms with Crippen LogP contribution in [0.2, 0.25) is 0 Å². The number of carbonyl (C=O) groups excluding carboxylic acids is 1. The number of aromatic nitrogens is 2. The summed E-state index contributed by atoms with van der Waals surface area (Å²) in [5, 5.41) is 22.5. The Morgan fingerprint density at radius 1 is 1.07 bits per heavy atom. The number of hydrogen-bond donors (Lipinski definition) is 0. The summed E-state index contributed by atoms with van der Waals surface area (Å²) < 4.78 is 1.84. The fourth-order valence-electron chi connectivity index (χ4n) is 2.99. The Bertz CT molecular complexity index is 1100. The minimum absolute atomic E-state index is 0.130. The average molecular weight is 395 g/mol. The number of carbonyl (C=O) groups is 1. The Morgan fingerprint density at radius 2 is 1.73 bits per heavy atom. The molecule has 6 nitrogen and oxygen atoms in total. The third-order valence-electron chi connectivity index (χ3n) is 4.54. The molecule has 3 aromatic rings. The van der Waals surface area contributed by atoms with E-state index in [0.717, 1.165) is 27.9 Å². The Hall–Kier alpha value is -4.16. The number of rotatable bonds is 7. The van der Waals surface area contributed by atoms with E-state index >= 15 is 0 Å². The molecule has 1 heterocycles. The van der Waals surface area contributed by atoms with Crippen molar-refractivity contribution in [3.8, 4) is 23.4 Å². The van der Waals surface area contributed by atoms with E-state index in [-0.39, 0.29) is 19.0 Å². The van der Waals surface area contributed by atoms with Gasteiger partial charge in [-0.25, -0.2) is 0 Å². The van der Waals surface area contributed by atoms with Gasteiger partial charge in [-0.2, -0.15) is 15.6 Å². The van der Waals surface area contributed by atoms with Crippen molar-refractivity contribution in [2.45, 2.75) is 13.5 Å². The Kier molecular flexibility index (Phi) is 6.76. The van der Waals surface area contributed by atoms with Gasteiger partial charge in [0.2, 0.25) is 5.91 Å².